The van der Waals surface area contributed by atoms with Crippen LogP contribution in [0.25, 0.3) is 0 Å². The third kappa shape index (κ3) is 13.3. The Morgan fingerprint density at radius 3 is 2.11 bits per heavy atom. The van der Waals surface area contributed by atoms with Gasteiger partial charge in [0.1, 0.15) is 30.2 Å². The zero-order valence-electron chi connectivity index (χ0n) is 26.1. The summed E-state index contributed by atoms with van der Waals surface area (Å²) in [6.45, 7) is 1.69. The Labute approximate surface area is 266 Å². The fourth-order valence-corrected chi connectivity index (χ4v) is 4.47. The number of nitrogens with one attached hydrogen (secondary N) is 5. The maximum Gasteiger partial charge on any atom is 0.325 e. The van der Waals surface area contributed by atoms with Crippen molar-refractivity contribution in [2.75, 3.05) is 26.2 Å². The first-order valence-electron chi connectivity index (χ1n) is 15.0. The van der Waals surface area contributed by atoms with Crippen molar-refractivity contribution in [3.05, 3.63) is 0 Å². The first kappa shape index (κ1) is 39.7. The molecule has 0 unspecified atom stereocenters. The minimum atomic E-state index is -1.47. The lowest BCUT2D eigenvalue weighted by atomic mass is 10.1. The number of nitrogens with zero attached hydrogens (tertiary/aromatic N) is 1. The highest BCUT2D eigenvalue weighted by Crippen LogP contribution is 2.18. The minimum absolute atomic E-state index is 0.0331. The van der Waals surface area contributed by atoms with Gasteiger partial charge in [-0.25, -0.2) is 0 Å². The predicted octanol–water partition coefficient (Wildman–Crippen LogP) is -5.13. The Morgan fingerprint density at radius 1 is 0.870 bits per heavy atom. The lowest BCUT2D eigenvalue weighted by Crippen LogP contribution is -2.59. The normalized spacial score (nSPS) is 17.4. The molecule has 6 atom stereocenters. The minimum Gasteiger partial charge on any atom is -0.480 e. The van der Waals surface area contributed by atoms with Crippen LogP contribution in [0.1, 0.15) is 58.8 Å². The van der Waals surface area contributed by atoms with E-state index in [1.807, 2.05) is 0 Å². The lowest BCUT2D eigenvalue weighted by Gasteiger charge is -2.29. The van der Waals surface area contributed by atoms with E-state index in [1.54, 1.807) is 0 Å². The van der Waals surface area contributed by atoms with Crippen molar-refractivity contribution in [2.24, 2.45) is 17.2 Å². The third-order valence-electron chi connectivity index (χ3n) is 7.18. The van der Waals surface area contributed by atoms with Gasteiger partial charge in [0.15, 0.2) is 0 Å². The SMILES string of the molecule is C[C@H](NC(=O)CNC(=O)[C@@H]1CCCN1C(=O)[C@H](CO)NC(=O)[C@H](C)NC(=O)[C@H](CCCCN)NC(=O)[C@@H](N)CCC(N)=O)C(=O)O. The van der Waals surface area contributed by atoms with Crippen LogP contribution in [0, 0.1) is 0 Å². The van der Waals surface area contributed by atoms with Gasteiger partial charge in [-0.05, 0) is 58.9 Å². The van der Waals surface area contributed by atoms with E-state index in [4.69, 9.17) is 22.3 Å². The number of hydrogen-bond donors (Lipinski definition) is 10. The van der Waals surface area contributed by atoms with E-state index in [-0.39, 0.29) is 32.2 Å². The molecule has 1 rings (SSSR count). The van der Waals surface area contributed by atoms with Gasteiger partial charge in [0.05, 0.1) is 19.2 Å². The number of hydrogen-bond acceptors (Lipinski definition) is 11. The van der Waals surface area contributed by atoms with Crippen molar-refractivity contribution in [3.8, 4) is 0 Å². The topological polar surface area (TPSA) is 318 Å². The molecule has 0 saturated carbocycles. The molecule has 0 aliphatic carbocycles. The quantitative estimate of drug-likeness (QED) is 0.0550. The van der Waals surface area contributed by atoms with Gasteiger partial charge in [-0.3, -0.25) is 38.4 Å². The van der Waals surface area contributed by atoms with Crippen molar-refractivity contribution >= 4 is 47.3 Å². The lowest BCUT2D eigenvalue weighted by molar-refractivity contribution is -0.143. The maximum atomic E-state index is 13.2. The number of aliphatic hydroxyl groups is 1. The van der Waals surface area contributed by atoms with Crippen LogP contribution in [0.2, 0.25) is 0 Å². The van der Waals surface area contributed by atoms with Gasteiger partial charge in [-0.2, -0.15) is 0 Å². The number of amides is 7. The molecule has 19 heteroatoms. The monoisotopic (exact) mass is 657 g/mol. The first-order chi connectivity index (χ1) is 21.6. The second kappa shape index (κ2) is 19.9. The highest BCUT2D eigenvalue weighted by Gasteiger charge is 2.38. The Hall–Kier alpha value is -4.36. The molecular weight excluding hydrogens is 610 g/mol. The molecule has 7 amide bonds. The van der Waals surface area contributed by atoms with Gasteiger partial charge in [-0.15, -0.1) is 0 Å². The Bertz CT molecular complexity index is 1120. The maximum absolute atomic E-state index is 13.2. The van der Waals surface area contributed by atoms with Crippen LogP contribution in [0.15, 0.2) is 0 Å². The largest absolute Gasteiger partial charge is 0.480 e. The van der Waals surface area contributed by atoms with Crippen molar-refractivity contribution in [1.82, 2.24) is 31.5 Å². The Kier molecular flexibility index (Phi) is 17.2. The summed E-state index contributed by atoms with van der Waals surface area (Å²) in [4.78, 5) is 99.3. The van der Waals surface area contributed by atoms with Gasteiger partial charge in [0, 0.05) is 13.0 Å². The average Bonchev–Trinajstić information content (AvgIpc) is 3.50. The fourth-order valence-electron chi connectivity index (χ4n) is 4.47. The second-order valence-corrected chi connectivity index (χ2v) is 11.0. The number of unbranched alkanes of at least 4 members (excludes halogenated alkanes) is 1. The number of aliphatic hydroxyl groups excluding tert-OH is 1. The number of likely N-dealkylation sites (tertiary alicyclic amines) is 1. The fraction of sp³-hybridized carbons (Fsp3) is 0.704. The van der Waals surface area contributed by atoms with Crippen LogP contribution >= 0.6 is 0 Å². The van der Waals surface area contributed by atoms with E-state index < -0.39 is 96.7 Å². The molecule has 0 spiro atoms. The van der Waals surface area contributed by atoms with E-state index in [9.17, 15) is 43.5 Å². The molecule has 1 fully saturated rings. The van der Waals surface area contributed by atoms with Crippen molar-refractivity contribution in [2.45, 2.75) is 95.0 Å². The highest BCUT2D eigenvalue weighted by molar-refractivity contribution is 5.96. The zero-order valence-corrected chi connectivity index (χ0v) is 26.1. The molecule has 0 bridgehead atoms. The molecule has 0 radical (unpaired) electrons. The van der Waals surface area contributed by atoms with E-state index in [0.717, 1.165) is 4.90 Å². The summed E-state index contributed by atoms with van der Waals surface area (Å²) < 4.78 is 0. The number of carboxylic acids is 1. The smallest absolute Gasteiger partial charge is 0.325 e. The van der Waals surface area contributed by atoms with Crippen molar-refractivity contribution in [1.29, 1.82) is 0 Å². The summed E-state index contributed by atoms with van der Waals surface area (Å²) in [7, 11) is 0. The van der Waals surface area contributed by atoms with E-state index in [0.29, 0.717) is 25.8 Å². The van der Waals surface area contributed by atoms with Crippen LogP contribution in [-0.4, -0.2) is 125 Å². The molecule has 0 aromatic heterocycles. The van der Waals surface area contributed by atoms with Crippen molar-refractivity contribution in [3.63, 3.8) is 0 Å². The molecule has 1 aliphatic heterocycles. The molecule has 19 nitrogen and oxygen atoms in total. The number of primary amides is 1. The number of aliphatic carboxylic acids is 1. The second-order valence-electron chi connectivity index (χ2n) is 11.0. The molecule has 0 aromatic carbocycles. The van der Waals surface area contributed by atoms with Gasteiger partial charge >= 0.3 is 5.97 Å². The van der Waals surface area contributed by atoms with Crippen LogP contribution in [0.3, 0.4) is 0 Å². The predicted molar refractivity (Wildman–Crippen MR) is 161 cm³/mol. The van der Waals surface area contributed by atoms with E-state index in [1.165, 1.54) is 13.8 Å². The van der Waals surface area contributed by atoms with E-state index >= 15 is 0 Å². The number of nitrogens with two attached hydrogens (primary N) is 3. The van der Waals surface area contributed by atoms with E-state index in [2.05, 4.69) is 26.6 Å². The summed E-state index contributed by atoms with van der Waals surface area (Å²) in [6.07, 6.45) is 1.69. The standard InChI is InChI=1S/C27H47N9O10/c1-14(33-24(42)17(6-3-4-10-28)34-23(41)16(29)8-9-20(30)38)22(40)35-18(13-37)26(44)36-11-5-7-19(36)25(43)31-12-21(39)32-15(2)27(45)46/h14-19,37H,3-13,28-29H2,1-2H3,(H2,30,38)(H,31,43)(H,32,39)(H,33,42)(H,34,41)(H,35,40)(H,45,46)/t14-,15-,16-,17-,18-,19-/m0/s1. The molecular formula is C27H47N9O10. The summed E-state index contributed by atoms with van der Waals surface area (Å²) in [6, 6.07) is -7.08. The van der Waals surface area contributed by atoms with Crippen LogP contribution in [0.5, 0.6) is 0 Å². The average molecular weight is 658 g/mol. The van der Waals surface area contributed by atoms with Crippen LogP contribution in [-0.2, 0) is 38.4 Å². The van der Waals surface area contributed by atoms with Gasteiger partial charge in [0.25, 0.3) is 0 Å². The number of rotatable bonds is 20. The zero-order chi connectivity index (χ0) is 35.0. The summed E-state index contributed by atoms with van der Waals surface area (Å²) >= 11 is 0. The molecule has 1 saturated heterocycles. The molecule has 1 aliphatic rings. The number of carbonyl (C=O) groups is 8. The first-order valence-corrected chi connectivity index (χ1v) is 15.0. The molecule has 260 valence electrons. The summed E-state index contributed by atoms with van der Waals surface area (Å²) in [5.41, 5.74) is 16.4. The van der Waals surface area contributed by atoms with Crippen molar-refractivity contribution < 1.29 is 48.6 Å². The number of carboxylic acid groups (broad SMARTS) is 1. The van der Waals surface area contributed by atoms with Crippen LogP contribution < -0.4 is 43.8 Å². The molecule has 13 N–H and O–H groups in total. The highest BCUT2D eigenvalue weighted by atomic mass is 16.4. The summed E-state index contributed by atoms with van der Waals surface area (Å²) in [5, 5.41) is 30.6. The summed E-state index contributed by atoms with van der Waals surface area (Å²) in [5.74, 6) is -6.35. The number of carbonyl (C=O) groups excluding carboxylic acids is 7. The van der Waals surface area contributed by atoms with Gasteiger partial charge in [0.2, 0.25) is 41.4 Å². The molecule has 0 aromatic rings. The van der Waals surface area contributed by atoms with Crippen LogP contribution in [0.4, 0.5) is 0 Å². The molecule has 1 heterocycles. The Balaban J connectivity index is 2.81. The molecule has 46 heavy (non-hydrogen) atoms. The van der Waals surface area contributed by atoms with Gasteiger partial charge < -0.3 is 58.9 Å². The third-order valence-corrected chi connectivity index (χ3v) is 7.18. The Morgan fingerprint density at radius 2 is 1.52 bits per heavy atom. The van der Waals surface area contributed by atoms with Gasteiger partial charge in [-0.1, -0.05) is 0 Å².